The Morgan fingerprint density at radius 3 is 2.52 bits per heavy atom. The van der Waals surface area contributed by atoms with Gasteiger partial charge in [0.05, 0.1) is 24.3 Å². The highest BCUT2D eigenvalue weighted by Gasteiger charge is 2.11. The van der Waals surface area contributed by atoms with Crippen LogP contribution in [0.1, 0.15) is 38.3 Å². The predicted octanol–water partition coefficient (Wildman–Crippen LogP) is 3.01. The molecule has 3 rings (SSSR count). The molecule has 1 atom stereocenters. The first-order valence-electron chi connectivity index (χ1n) is 9.62. The lowest BCUT2D eigenvalue weighted by Crippen LogP contribution is -2.28. The number of aryl methyl sites for hydroxylation is 1. The SMILES string of the molecule is CCC(=O)Nc1ccc(C(C)NC(=O)CCn2ncc(=O)c3ccccc32)cc1. The summed E-state index contributed by atoms with van der Waals surface area (Å²) in [6.07, 6.45) is 1.95. The highest BCUT2D eigenvalue weighted by molar-refractivity contribution is 5.90. The molecule has 0 fully saturated rings. The maximum absolute atomic E-state index is 12.4. The second-order valence-electron chi connectivity index (χ2n) is 6.81. The summed E-state index contributed by atoms with van der Waals surface area (Å²) in [5, 5.41) is 10.5. The minimum atomic E-state index is -0.169. The summed E-state index contributed by atoms with van der Waals surface area (Å²) in [5.74, 6) is -0.145. The number of rotatable bonds is 7. The van der Waals surface area contributed by atoms with Crippen molar-refractivity contribution in [3.8, 4) is 0 Å². The third-order valence-electron chi connectivity index (χ3n) is 4.71. The number of anilines is 1. The Balaban J connectivity index is 1.59. The van der Waals surface area contributed by atoms with Crippen molar-refractivity contribution in [1.82, 2.24) is 15.1 Å². The first-order valence-corrected chi connectivity index (χ1v) is 9.62. The number of fused-ring (bicyclic) bond motifs is 1. The van der Waals surface area contributed by atoms with Gasteiger partial charge in [0, 0.05) is 23.9 Å². The highest BCUT2D eigenvalue weighted by Crippen LogP contribution is 2.16. The fourth-order valence-electron chi connectivity index (χ4n) is 3.05. The maximum Gasteiger partial charge on any atom is 0.224 e. The van der Waals surface area contributed by atoms with Crippen molar-refractivity contribution in [2.24, 2.45) is 0 Å². The van der Waals surface area contributed by atoms with Crippen LogP contribution < -0.4 is 16.1 Å². The summed E-state index contributed by atoms with van der Waals surface area (Å²) in [4.78, 5) is 35.7. The van der Waals surface area contributed by atoms with Crippen molar-refractivity contribution in [3.63, 3.8) is 0 Å². The van der Waals surface area contributed by atoms with E-state index < -0.39 is 0 Å². The van der Waals surface area contributed by atoms with Crippen LogP contribution in [-0.2, 0) is 16.1 Å². The van der Waals surface area contributed by atoms with Crippen LogP contribution >= 0.6 is 0 Å². The molecular formula is C22H24N4O3. The van der Waals surface area contributed by atoms with E-state index in [9.17, 15) is 14.4 Å². The number of carbonyl (C=O) groups is 2. The van der Waals surface area contributed by atoms with Gasteiger partial charge in [0.25, 0.3) is 0 Å². The summed E-state index contributed by atoms with van der Waals surface area (Å²) in [5.41, 5.74) is 2.26. The van der Waals surface area contributed by atoms with Gasteiger partial charge in [-0.15, -0.1) is 0 Å². The second-order valence-corrected chi connectivity index (χ2v) is 6.81. The third kappa shape index (κ3) is 5.07. The number of hydrogen-bond donors (Lipinski definition) is 2. The molecule has 0 saturated heterocycles. The van der Waals surface area contributed by atoms with E-state index in [1.54, 1.807) is 23.7 Å². The molecule has 7 heteroatoms. The van der Waals surface area contributed by atoms with Gasteiger partial charge in [-0.1, -0.05) is 31.2 Å². The zero-order valence-corrected chi connectivity index (χ0v) is 16.5. The van der Waals surface area contributed by atoms with E-state index in [1.165, 1.54) is 6.20 Å². The van der Waals surface area contributed by atoms with Crippen molar-refractivity contribution in [2.45, 2.75) is 39.3 Å². The van der Waals surface area contributed by atoms with Gasteiger partial charge in [-0.25, -0.2) is 0 Å². The van der Waals surface area contributed by atoms with Gasteiger partial charge in [0.15, 0.2) is 0 Å². The van der Waals surface area contributed by atoms with E-state index in [1.807, 2.05) is 43.3 Å². The molecule has 29 heavy (non-hydrogen) atoms. The van der Waals surface area contributed by atoms with Gasteiger partial charge < -0.3 is 10.6 Å². The van der Waals surface area contributed by atoms with Gasteiger partial charge in [0.2, 0.25) is 17.2 Å². The van der Waals surface area contributed by atoms with Crippen LogP contribution in [0.5, 0.6) is 0 Å². The van der Waals surface area contributed by atoms with E-state index in [4.69, 9.17) is 0 Å². The molecule has 1 heterocycles. The van der Waals surface area contributed by atoms with Crippen molar-refractivity contribution in [1.29, 1.82) is 0 Å². The first kappa shape index (κ1) is 20.3. The quantitative estimate of drug-likeness (QED) is 0.646. The number of aromatic nitrogens is 2. The van der Waals surface area contributed by atoms with Gasteiger partial charge in [0.1, 0.15) is 0 Å². The lowest BCUT2D eigenvalue weighted by molar-refractivity contribution is -0.122. The minimum Gasteiger partial charge on any atom is -0.350 e. The lowest BCUT2D eigenvalue weighted by atomic mass is 10.1. The summed E-state index contributed by atoms with van der Waals surface area (Å²) in [6.45, 7) is 4.08. The number of hydrogen-bond acceptors (Lipinski definition) is 4. The molecule has 0 spiro atoms. The number of carbonyl (C=O) groups excluding carboxylic acids is 2. The van der Waals surface area contributed by atoms with Crippen molar-refractivity contribution in [3.05, 3.63) is 70.5 Å². The molecule has 0 aliphatic heterocycles. The number of nitrogens with zero attached hydrogens (tertiary/aromatic N) is 2. The monoisotopic (exact) mass is 392 g/mol. The molecule has 0 radical (unpaired) electrons. The van der Waals surface area contributed by atoms with E-state index >= 15 is 0 Å². The van der Waals surface area contributed by atoms with Gasteiger partial charge in [-0.3, -0.25) is 19.1 Å². The number of benzene rings is 2. The zero-order valence-electron chi connectivity index (χ0n) is 16.5. The van der Waals surface area contributed by atoms with Crippen molar-refractivity contribution >= 4 is 28.4 Å². The molecule has 3 aromatic rings. The van der Waals surface area contributed by atoms with Crippen LogP contribution in [0.2, 0.25) is 0 Å². The lowest BCUT2D eigenvalue weighted by Gasteiger charge is -2.16. The van der Waals surface area contributed by atoms with Crippen LogP contribution in [0.25, 0.3) is 10.9 Å². The zero-order chi connectivity index (χ0) is 20.8. The van der Waals surface area contributed by atoms with E-state index in [0.29, 0.717) is 23.9 Å². The Bertz CT molecular complexity index is 1070. The van der Waals surface area contributed by atoms with Crippen molar-refractivity contribution < 1.29 is 9.59 Å². The molecule has 2 amide bonds. The maximum atomic E-state index is 12.4. The summed E-state index contributed by atoms with van der Waals surface area (Å²) in [7, 11) is 0. The highest BCUT2D eigenvalue weighted by atomic mass is 16.2. The van der Waals surface area contributed by atoms with E-state index in [2.05, 4.69) is 15.7 Å². The van der Waals surface area contributed by atoms with Crippen LogP contribution in [0, 0.1) is 0 Å². The molecular weight excluding hydrogens is 368 g/mol. The molecule has 0 aliphatic carbocycles. The topological polar surface area (TPSA) is 93.1 Å². The molecule has 1 unspecified atom stereocenters. The largest absolute Gasteiger partial charge is 0.350 e. The summed E-state index contributed by atoms with van der Waals surface area (Å²) >= 11 is 0. The third-order valence-corrected chi connectivity index (χ3v) is 4.71. The number of amides is 2. The van der Waals surface area contributed by atoms with E-state index in [-0.39, 0.29) is 29.7 Å². The van der Waals surface area contributed by atoms with Crippen LogP contribution in [-0.4, -0.2) is 21.6 Å². The first-order chi connectivity index (χ1) is 14.0. The Kier molecular flexibility index (Phi) is 6.39. The Hall–Kier alpha value is -3.48. The minimum absolute atomic E-state index is 0.0391. The fraction of sp³-hybridized carbons (Fsp3) is 0.273. The second kappa shape index (κ2) is 9.14. The van der Waals surface area contributed by atoms with E-state index in [0.717, 1.165) is 11.3 Å². The van der Waals surface area contributed by atoms with Crippen LogP contribution in [0.15, 0.2) is 59.5 Å². The Morgan fingerprint density at radius 2 is 1.79 bits per heavy atom. The van der Waals surface area contributed by atoms with Crippen LogP contribution in [0.4, 0.5) is 5.69 Å². The number of para-hydroxylation sites is 1. The summed E-state index contributed by atoms with van der Waals surface area (Å²) in [6, 6.07) is 14.5. The average Bonchev–Trinajstić information content (AvgIpc) is 2.74. The number of nitrogens with one attached hydrogen (secondary N) is 2. The Labute approximate surface area is 168 Å². The van der Waals surface area contributed by atoms with Gasteiger partial charge >= 0.3 is 0 Å². The summed E-state index contributed by atoms with van der Waals surface area (Å²) < 4.78 is 1.67. The van der Waals surface area contributed by atoms with Crippen LogP contribution in [0.3, 0.4) is 0 Å². The molecule has 0 bridgehead atoms. The average molecular weight is 392 g/mol. The molecule has 2 aromatic carbocycles. The molecule has 0 saturated carbocycles. The van der Waals surface area contributed by atoms with Crippen molar-refractivity contribution in [2.75, 3.05) is 5.32 Å². The molecule has 2 N–H and O–H groups in total. The predicted molar refractivity (Wildman–Crippen MR) is 113 cm³/mol. The van der Waals surface area contributed by atoms with Gasteiger partial charge in [-0.2, -0.15) is 5.10 Å². The molecule has 0 aliphatic rings. The normalized spacial score (nSPS) is 11.8. The smallest absolute Gasteiger partial charge is 0.224 e. The van der Waals surface area contributed by atoms with Gasteiger partial charge in [-0.05, 0) is 36.8 Å². The molecule has 1 aromatic heterocycles. The standard InChI is InChI=1S/C22H24N4O3/c1-3-21(28)25-17-10-8-16(9-11-17)15(2)24-22(29)12-13-26-19-7-5-4-6-18(19)20(27)14-23-26/h4-11,14-15H,3,12-13H2,1-2H3,(H,24,29)(H,25,28). The molecule has 7 nitrogen and oxygen atoms in total. The Morgan fingerprint density at radius 1 is 1.07 bits per heavy atom. The fourth-order valence-corrected chi connectivity index (χ4v) is 3.05. The molecule has 150 valence electrons.